The van der Waals surface area contributed by atoms with E-state index < -0.39 is 0 Å². The SMILES string of the molecule is CCn1nc(C(=O)N2CCSCC2)c2c1CCC(NC1Cc3ccccc3C1)C2. The molecule has 154 valence electrons. The normalized spacial score (nSPS) is 21.8. The lowest BCUT2D eigenvalue weighted by atomic mass is 9.90. The van der Waals surface area contributed by atoms with E-state index in [1.54, 1.807) is 0 Å². The molecule has 0 radical (unpaired) electrons. The molecule has 0 saturated carbocycles. The van der Waals surface area contributed by atoms with Gasteiger partial charge >= 0.3 is 0 Å². The predicted octanol–water partition coefficient (Wildman–Crippen LogP) is 2.71. The third-order valence-electron chi connectivity index (χ3n) is 6.67. The maximum absolute atomic E-state index is 13.2. The highest BCUT2D eigenvalue weighted by atomic mass is 32.2. The summed E-state index contributed by atoms with van der Waals surface area (Å²) in [7, 11) is 0. The van der Waals surface area contributed by atoms with Gasteiger partial charge in [-0.3, -0.25) is 9.48 Å². The first-order chi connectivity index (χ1) is 14.2. The average molecular weight is 411 g/mol. The summed E-state index contributed by atoms with van der Waals surface area (Å²) in [6, 6.07) is 9.75. The van der Waals surface area contributed by atoms with Crippen LogP contribution in [0.2, 0.25) is 0 Å². The van der Waals surface area contributed by atoms with Crippen molar-refractivity contribution in [2.75, 3.05) is 24.6 Å². The highest BCUT2D eigenvalue weighted by molar-refractivity contribution is 7.99. The molecule has 1 amide bonds. The molecule has 1 aliphatic heterocycles. The van der Waals surface area contributed by atoms with E-state index in [0.29, 0.717) is 12.1 Å². The smallest absolute Gasteiger partial charge is 0.274 e. The molecule has 0 bridgehead atoms. The Morgan fingerprint density at radius 2 is 1.86 bits per heavy atom. The van der Waals surface area contributed by atoms with Crippen molar-refractivity contribution in [1.82, 2.24) is 20.0 Å². The van der Waals surface area contributed by atoms with Crippen LogP contribution >= 0.6 is 11.8 Å². The van der Waals surface area contributed by atoms with Crippen LogP contribution in [0.25, 0.3) is 0 Å². The number of amides is 1. The number of hydrogen-bond acceptors (Lipinski definition) is 4. The minimum absolute atomic E-state index is 0.141. The van der Waals surface area contributed by atoms with Crippen LogP contribution in [-0.4, -0.2) is 57.3 Å². The number of hydrogen-bond donors (Lipinski definition) is 1. The Balaban J connectivity index is 1.32. The molecule has 6 heteroatoms. The molecule has 1 aromatic carbocycles. The highest BCUT2D eigenvalue weighted by Gasteiger charge is 2.33. The van der Waals surface area contributed by atoms with Crippen LogP contribution < -0.4 is 5.32 Å². The molecule has 5 nitrogen and oxygen atoms in total. The molecular weight excluding hydrogens is 380 g/mol. The van der Waals surface area contributed by atoms with E-state index in [1.807, 2.05) is 16.7 Å². The highest BCUT2D eigenvalue weighted by Crippen LogP contribution is 2.28. The summed E-state index contributed by atoms with van der Waals surface area (Å²) >= 11 is 1.93. The first-order valence-corrected chi connectivity index (χ1v) is 12.2. The van der Waals surface area contributed by atoms with Crippen LogP contribution in [0.5, 0.6) is 0 Å². The fourth-order valence-electron chi connectivity index (χ4n) is 5.19. The van der Waals surface area contributed by atoms with Crippen molar-refractivity contribution >= 4 is 17.7 Å². The molecule has 29 heavy (non-hydrogen) atoms. The quantitative estimate of drug-likeness (QED) is 0.842. The Labute approximate surface area is 177 Å². The zero-order valence-electron chi connectivity index (χ0n) is 17.2. The third-order valence-corrected chi connectivity index (χ3v) is 7.61. The van der Waals surface area contributed by atoms with Gasteiger partial charge in [-0.15, -0.1) is 0 Å². The minimum atomic E-state index is 0.141. The second-order valence-electron chi connectivity index (χ2n) is 8.47. The molecule has 1 saturated heterocycles. The summed E-state index contributed by atoms with van der Waals surface area (Å²) in [5.74, 6) is 2.21. The summed E-state index contributed by atoms with van der Waals surface area (Å²) in [4.78, 5) is 15.2. The number of rotatable bonds is 4. The third kappa shape index (κ3) is 3.73. The first-order valence-electron chi connectivity index (χ1n) is 11.0. The Bertz CT molecular complexity index is 877. The predicted molar refractivity (Wildman–Crippen MR) is 118 cm³/mol. The van der Waals surface area contributed by atoms with E-state index in [1.165, 1.54) is 22.4 Å². The number of aryl methyl sites for hydroxylation is 1. The summed E-state index contributed by atoms with van der Waals surface area (Å²) < 4.78 is 2.07. The number of benzene rings is 1. The van der Waals surface area contributed by atoms with Gasteiger partial charge in [-0.1, -0.05) is 24.3 Å². The number of carbonyl (C=O) groups is 1. The molecule has 1 unspecified atom stereocenters. The van der Waals surface area contributed by atoms with E-state index >= 15 is 0 Å². The van der Waals surface area contributed by atoms with Crippen LogP contribution in [0.1, 0.15) is 46.2 Å². The van der Waals surface area contributed by atoms with E-state index in [2.05, 4.69) is 41.2 Å². The number of aromatic nitrogens is 2. The largest absolute Gasteiger partial charge is 0.336 e. The molecule has 0 spiro atoms. The van der Waals surface area contributed by atoms with Crippen molar-refractivity contribution < 1.29 is 4.79 Å². The second kappa shape index (κ2) is 8.15. The molecular formula is C23H30N4OS. The lowest BCUT2D eigenvalue weighted by Crippen LogP contribution is -2.43. The van der Waals surface area contributed by atoms with Crippen molar-refractivity contribution in [3.63, 3.8) is 0 Å². The number of carbonyl (C=O) groups excluding carboxylic acids is 1. The van der Waals surface area contributed by atoms with Crippen LogP contribution in [-0.2, 0) is 32.2 Å². The standard InChI is InChI=1S/C23H30N4OS/c1-2-27-21-8-7-18(24-19-13-16-5-3-4-6-17(16)14-19)15-20(21)22(25-27)23(28)26-9-11-29-12-10-26/h3-6,18-19,24H,2,7-15H2,1H3. The summed E-state index contributed by atoms with van der Waals surface area (Å²) in [5, 5.41) is 8.69. The summed E-state index contributed by atoms with van der Waals surface area (Å²) in [5.41, 5.74) is 6.18. The van der Waals surface area contributed by atoms with Gasteiger partial charge in [0.1, 0.15) is 0 Å². The molecule has 2 heterocycles. The molecule has 1 fully saturated rings. The van der Waals surface area contributed by atoms with Gasteiger partial charge in [-0.2, -0.15) is 16.9 Å². The molecule has 2 aromatic rings. The molecule has 2 aliphatic carbocycles. The summed E-state index contributed by atoms with van der Waals surface area (Å²) in [6.45, 7) is 4.65. The number of fused-ring (bicyclic) bond motifs is 2. The maximum atomic E-state index is 13.2. The van der Waals surface area contributed by atoms with Crippen molar-refractivity contribution in [3.8, 4) is 0 Å². The van der Waals surface area contributed by atoms with E-state index in [-0.39, 0.29) is 5.91 Å². The fraction of sp³-hybridized carbons (Fsp3) is 0.565. The van der Waals surface area contributed by atoms with Crippen LogP contribution in [0.3, 0.4) is 0 Å². The fourth-order valence-corrected chi connectivity index (χ4v) is 6.09. The molecule has 1 atom stereocenters. The molecule has 1 aromatic heterocycles. The lowest BCUT2D eigenvalue weighted by Gasteiger charge is -2.29. The van der Waals surface area contributed by atoms with Gasteiger partial charge in [-0.25, -0.2) is 0 Å². The number of nitrogens with one attached hydrogen (secondary N) is 1. The van der Waals surface area contributed by atoms with E-state index in [4.69, 9.17) is 5.10 Å². The van der Waals surface area contributed by atoms with Gasteiger partial charge in [0.15, 0.2) is 5.69 Å². The second-order valence-corrected chi connectivity index (χ2v) is 9.70. The molecule has 1 N–H and O–H groups in total. The lowest BCUT2D eigenvalue weighted by molar-refractivity contribution is 0.0764. The Kier molecular flexibility index (Phi) is 5.39. The van der Waals surface area contributed by atoms with Gasteiger partial charge in [0.25, 0.3) is 5.91 Å². The topological polar surface area (TPSA) is 50.2 Å². The Morgan fingerprint density at radius 3 is 2.55 bits per heavy atom. The van der Waals surface area contributed by atoms with E-state index in [0.717, 1.165) is 68.9 Å². The maximum Gasteiger partial charge on any atom is 0.274 e. The van der Waals surface area contributed by atoms with Crippen LogP contribution in [0.4, 0.5) is 0 Å². The molecule has 3 aliphatic rings. The van der Waals surface area contributed by atoms with Crippen molar-refractivity contribution in [2.24, 2.45) is 0 Å². The van der Waals surface area contributed by atoms with Gasteiger partial charge < -0.3 is 10.2 Å². The minimum Gasteiger partial charge on any atom is -0.336 e. The van der Waals surface area contributed by atoms with Gasteiger partial charge in [0.05, 0.1) is 0 Å². The van der Waals surface area contributed by atoms with Crippen LogP contribution in [0.15, 0.2) is 24.3 Å². The van der Waals surface area contributed by atoms with Crippen molar-refractivity contribution in [3.05, 3.63) is 52.3 Å². The van der Waals surface area contributed by atoms with Crippen molar-refractivity contribution in [1.29, 1.82) is 0 Å². The van der Waals surface area contributed by atoms with Gasteiger partial charge in [0, 0.05) is 54.5 Å². The van der Waals surface area contributed by atoms with Crippen LogP contribution in [0, 0.1) is 0 Å². The number of thioether (sulfide) groups is 1. The average Bonchev–Trinajstić information content (AvgIpc) is 3.34. The zero-order chi connectivity index (χ0) is 19.8. The van der Waals surface area contributed by atoms with Gasteiger partial charge in [0.2, 0.25) is 0 Å². The molecule has 5 rings (SSSR count). The Morgan fingerprint density at radius 1 is 1.14 bits per heavy atom. The van der Waals surface area contributed by atoms with E-state index in [9.17, 15) is 4.79 Å². The number of nitrogens with zero attached hydrogens (tertiary/aromatic N) is 3. The zero-order valence-corrected chi connectivity index (χ0v) is 18.0. The first kappa shape index (κ1) is 19.2. The monoisotopic (exact) mass is 410 g/mol. The Hall–Kier alpha value is -1.79. The van der Waals surface area contributed by atoms with Crippen molar-refractivity contribution in [2.45, 2.75) is 57.7 Å². The summed E-state index contributed by atoms with van der Waals surface area (Å²) in [6.07, 6.45) is 5.29. The van der Waals surface area contributed by atoms with Gasteiger partial charge in [-0.05, 0) is 50.2 Å².